The molecule has 0 aliphatic heterocycles. The first kappa shape index (κ1) is 27.7. The smallest absolute Gasteiger partial charge is 0.00489 e. The number of hydrogen-bond acceptors (Lipinski definition) is 1. The van der Waals surface area contributed by atoms with Crippen LogP contribution in [0.3, 0.4) is 0 Å². The van der Waals surface area contributed by atoms with Crippen LogP contribution in [-0.4, -0.2) is 13.1 Å². The van der Waals surface area contributed by atoms with Crippen LogP contribution in [0.5, 0.6) is 0 Å². The fourth-order valence-corrected chi connectivity index (χ4v) is 5.12. The minimum Gasteiger partial charge on any atom is -0.317 e. The van der Waals surface area contributed by atoms with Gasteiger partial charge in [-0.2, -0.15) is 0 Å². The van der Waals surface area contributed by atoms with Crippen LogP contribution < -0.4 is 5.32 Å². The molecule has 178 valence electrons. The van der Waals surface area contributed by atoms with Crippen LogP contribution >= 0.6 is 0 Å². The van der Waals surface area contributed by atoms with Crippen molar-refractivity contribution in [3.63, 3.8) is 0 Å². The summed E-state index contributed by atoms with van der Waals surface area (Å²) < 4.78 is 0. The third-order valence-electron chi connectivity index (χ3n) is 7.20. The molecule has 0 unspecified atom stereocenters. The Bertz CT molecular complexity index is 323. The highest BCUT2D eigenvalue weighted by atomic mass is 14.8. The molecule has 1 rings (SSSR count). The van der Waals surface area contributed by atoms with Crippen LogP contribution in [0.25, 0.3) is 0 Å². The third kappa shape index (κ3) is 19.7. The molecular weight excluding hydrogens is 362 g/mol. The summed E-state index contributed by atoms with van der Waals surface area (Å²) >= 11 is 0. The number of allylic oxidation sites excluding steroid dienone is 1. The van der Waals surface area contributed by atoms with E-state index in [1.165, 1.54) is 167 Å². The molecule has 0 atom stereocenters. The maximum absolute atomic E-state index is 3.79. The summed E-state index contributed by atoms with van der Waals surface area (Å²) in [5.41, 5.74) is 0. The van der Waals surface area contributed by atoms with E-state index in [2.05, 4.69) is 11.9 Å². The molecule has 1 saturated carbocycles. The number of rotatable bonds is 16. The highest BCUT2D eigenvalue weighted by Crippen LogP contribution is 2.25. The fourth-order valence-electron chi connectivity index (χ4n) is 5.12. The van der Waals surface area contributed by atoms with Gasteiger partial charge in [0.05, 0.1) is 0 Å². The highest BCUT2D eigenvalue weighted by Gasteiger charge is 2.09. The summed E-state index contributed by atoms with van der Waals surface area (Å²) in [4.78, 5) is 0. The van der Waals surface area contributed by atoms with Crippen molar-refractivity contribution >= 4 is 0 Å². The Hall–Kier alpha value is -0.300. The van der Waals surface area contributed by atoms with Crippen molar-refractivity contribution in [2.24, 2.45) is 5.92 Å². The topological polar surface area (TPSA) is 12.0 Å². The monoisotopic (exact) mass is 419 g/mol. The average Bonchev–Trinajstić information content (AvgIpc) is 2.78. The number of unbranched alkanes of at least 4 members (excludes halogenated alkanes) is 9. The lowest BCUT2D eigenvalue weighted by atomic mass is 9.90. The maximum atomic E-state index is 3.79. The predicted octanol–water partition coefficient (Wildman–Crippen LogP) is 9.75. The Morgan fingerprint density at radius 2 is 0.967 bits per heavy atom. The lowest BCUT2D eigenvalue weighted by Crippen LogP contribution is -2.16. The van der Waals surface area contributed by atoms with Crippen LogP contribution in [0.1, 0.15) is 154 Å². The van der Waals surface area contributed by atoms with Crippen molar-refractivity contribution in [2.75, 3.05) is 13.1 Å². The van der Waals surface area contributed by atoms with Gasteiger partial charge in [0.1, 0.15) is 0 Å². The zero-order valence-corrected chi connectivity index (χ0v) is 20.7. The Morgan fingerprint density at radius 3 is 1.50 bits per heavy atom. The van der Waals surface area contributed by atoms with E-state index in [1.54, 1.807) is 0 Å². The lowest BCUT2D eigenvalue weighted by molar-refractivity contribution is 0.368. The minimum absolute atomic E-state index is 1.05. The molecule has 0 aromatic carbocycles. The van der Waals surface area contributed by atoms with E-state index in [4.69, 9.17) is 0 Å². The van der Waals surface area contributed by atoms with Crippen LogP contribution in [0, 0.1) is 5.92 Å². The van der Waals surface area contributed by atoms with E-state index in [0.717, 1.165) is 5.92 Å². The Balaban J connectivity index is 1.88. The molecule has 0 amide bonds. The summed E-state index contributed by atoms with van der Waals surface area (Å²) in [6.07, 6.45) is 36.9. The molecule has 0 radical (unpaired) electrons. The van der Waals surface area contributed by atoms with Gasteiger partial charge < -0.3 is 5.32 Å². The highest BCUT2D eigenvalue weighted by molar-refractivity contribution is 4.65. The zero-order chi connectivity index (χ0) is 21.4. The van der Waals surface area contributed by atoms with Gasteiger partial charge in [-0.1, -0.05) is 134 Å². The SMILES string of the molecule is C=CCCCCCCCNCCCCCCCC1CCCCCCCCCCCC1. The Kier molecular flexibility index (Phi) is 21.6. The van der Waals surface area contributed by atoms with Gasteiger partial charge in [-0.25, -0.2) is 0 Å². The maximum Gasteiger partial charge on any atom is -0.00489 e. The van der Waals surface area contributed by atoms with Crippen LogP contribution in [0.4, 0.5) is 0 Å². The Labute approximate surface area is 191 Å². The van der Waals surface area contributed by atoms with Gasteiger partial charge in [-0.05, 0) is 44.7 Å². The molecule has 0 heterocycles. The van der Waals surface area contributed by atoms with Gasteiger partial charge in [0.2, 0.25) is 0 Å². The summed E-state index contributed by atoms with van der Waals surface area (Å²) in [5, 5.41) is 3.65. The van der Waals surface area contributed by atoms with E-state index in [-0.39, 0.29) is 0 Å². The first-order chi connectivity index (χ1) is 14.9. The molecule has 1 aliphatic carbocycles. The van der Waals surface area contributed by atoms with Crippen molar-refractivity contribution in [1.82, 2.24) is 5.32 Å². The van der Waals surface area contributed by atoms with Gasteiger partial charge in [-0.3, -0.25) is 0 Å². The van der Waals surface area contributed by atoms with Gasteiger partial charge in [0, 0.05) is 0 Å². The van der Waals surface area contributed by atoms with Crippen LogP contribution in [0.2, 0.25) is 0 Å². The summed E-state index contributed by atoms with van der Waals surface area (Å²) in [5.74, 6) is 1.05. The molecule has 30 heavy (non-hydrogen) atoms. The van der Waals surface area contributed by atoms with Crippen molar-refractivity contribution in [2.45, 2.75) is 154 Å². The van der Waals surface area contributed by atoms with Crippen LogP contribution in [0.15, 0.2) is 12.7 Å². The predicted molar refractivity (Wildman–Crippen MR) is 137 cm³/mol. The van der Waals surface area contributed by atoms with Crippen molar-refractivity contribution in [3.8, 4) is 0 Å². The summed E-state index contributed by atoms with van der Waals surface area (Å²) in [7, 11) is 0. The van der Waals surface area contributed by atoms with Crippen LogP contribution in [-0.2, 0) is 0 Å². The number of hydrogen-bond donors (Lipinski definition) is 1. The molecule has 0 aromatic heterocycles. The first-order valence-corrected chi connectivity index (χ1v) is 14.2. The molecule has 1 aliphatic rings. The molecule has 0 bridgehead atoms. The molecular formula is C29H57N. The van der Waals surface area contributed by atoms with Gasteiger partial charge in [0.15, 0.2) is 0 Å². The zero-order valence-electron chi connectivity index (χ0n) is 20.7. The van der Waals surface area contributed by atoms with E-state index >= 15 is 0 Å². The van der Waals surface area contributed by atoms with E-state index in [9.17, 15) is 0 Å². The van der Waals surface area contributed by atoms with Crippen molar-refractivity contribution < 1.29 is 0 Å². The quantitative estimate of drug-likeness (QED) is 0.194. The molecule has 1 heteroatoms. The second kappa shape index (κ2) is 23.4. The molecule has 1 nitrogen and oxygen atoms in total. The second-order valence-electron chi connectivity index (χ2n) is 10.1. The fraction of sp³-hybridized carbons (Fsp3) is 0.931. The Morgan fingerprint density at radius 1 is 0.533 bits per heavy atom. The normalized spacial score (nSPS) is 17.7. The van der Waals surface area contributed by atoms with E-state index in [0.29, 0.717) is 0 Å². The largest absolute Gasteiger partial charge is 0.317 e. The van der Waals surface area contributed by atoms with Gasteiger partial charge in [0.25, 0.3) is 0 Å². The lowest BCUT2D eigenvalue weighted by Gasteiger charge is -2.17. The minimum atomic E-state index is 1.05. The second-order valence-corrected chi connectivity index (χ2v) is 10.1. The molecule has 0 aromatic rings. The summed E-state index contributed by atoms with van der Waals surface area (Å²) in [6.45, 7) is 6.25. The van der Waals surface area contributed by atoms with E-state index in [1.807, 2.05) is 6.08 Å². The third-order valence-corrected chi connectivity index (χ3v) is 7.20. The first-order valence-electron chi connectivity index (χ1n) is 14.2. The standard InChI is InChI=1S/C29H57N/c1-2-3-4-5-12-17-22-27-30-28-23-18-13-16-21-26-29-24-19-14-10-8-6-7-9-11-15-20-25-29/h2,29-30H,1,3-28H2. The molecule has 1 fully saturated rings. The summed E-state index contributed by atoms with van der Waals surface area (Å²) in [6, 6.07) is 0. The van der Waals surface area contributed by atoms with E-state index < -0.39 is 0 Å². The molecule has 1 N–H and O–H groups in total. The molecule has 0 saturated heterocycles. The molecule has 0 spiro atoms. The number of nitrogens with one attached hydrogen (secondary N) is 1. The van der Waals surface area contributed by atoms with Crippen molar-refractivity contribution in [1.29, 1.82) is 0 Å². The van der Waals surface area contributed by atoms with Gasteiger partial charge >= 0.3 is 0 Å². The van der Waals surface area contributed by atoms with Crippen molar-refractivity contribution in [3.05, 3.63) is 12.7 Å². The average molecular weight is 420 g/mol. The van der Waals surface area contributed by atoms with Gasteiger partial charge in [-0.15, -0.1) is 6.58 Å².